The zero-order chi connectivity index (χ0) is 17.7. The van der Waals surface area contributed by atoms with Crippen LogP contribution in [0.25, 0.3) is 0 Å². The molecule has 0 spiro atoms. The highest BCUT2D eigenvalue weighted by atomic mass is 16.6. The van der Waals surface area contributed by atoms with Gasteiger partial charge in [0.1, 0.15) is 11.4 Å². The molecule has 0 radical (unpaired) electrons. The second-order valence-corrected chi connectivity index (χ2v) is 6.80. The molecule has 132 valence electrons. The van der Waals surface area contributed by atoms with Gasteiger partial charge in [-0.05, 0) is 45.7 Å². The fourth-order valence-corrected chi connectivity index (χ4v) is 2.56. The van der Waals surface area contributed by atoms with E-state index in [0.717, 1.165) is 31.7 Å². The van der Waals surface area contributed by atoms with Crippen LogP contribution in [-0.4, -0.2) is 48.9 Å². The Balaban J connectivity index is 1.89. The number of carbonyl (C=O) groups excluding carboxylic acids is 2. The molecule has 1 aromatic rings. The lowest BCUT2D eigenvalue weighted by atomic mass is 10.1. The monoisotopic (exact) mass is 335 g/mol. The van der Waals surface area contributed by atoms with Crippen LogP contribution in [0.2, 0.25) is 0 Å². The molecular weight excluding hydrogens is 310 g/mol. The van der Waals surface area contributed by atoms with Crippen LogP contribution in [0.5, 0.6) is 0 Å². The molecule has 1 amide bonds. The number of hydrogen-bond donors (Lipinski definition) is 1. The summed E-state index contributed by atoms with van der Waals surface area (Å²) >= 11 is 0. The largest absolute Gasteiger partial charge is 0.465 e. The molecule has 1 fully saturated rings. The summed E-state index contributed by atoms with van der Waals surface area (Å²) in [5.41, 5.74) is -0.0141. The second kappa shape index (κ2) is 7.51. The van der Waals surface area contributed by atoms with Crippen molar-refractivity contribution >= 4 is 17.9 Å². The third-order valence-electron chi connectivity index (χ3n) is 3.71. The molecule has 0 aromatic carbocycles. The molecule has 7 heteroatoms. The number of esters is 1. The fourth-order valence-electron chi connectivity index (χ4n) is 2.56. The Kier molecular flexibility index (Phi) is 5.64. The molecule has 0 unspecified atom stereocenters. The zero-order valence-corrected chi connectivity index (χ0v) is 14.7. The predicted octanol–water partition coefficient (Wildman–Crippen LogP) is 2.36. The maximum absolute atomic E-state index is 11.8. The second-order valence-electron chi connectivity index (χ2n) is 6.80. The SMILES string of the molecule is COC(=O)c1ccnc(N2CCC(NC(=O)OC(C)(C)C)CC2)c1. The lowest BCUT2D eigenvalue weighted by molar-refractivity contribution is 0.0496. The molecular formula is C17H25N3O4. The van der Waals surface area contributed by atoms with Crippen LogP contribution in [0.1, 0.15) is 44.0 Å². The summed E-state index contributed by atoms with van der Waals surface area (Å²) in [5.74, 6) is 0.369. The van der Waals surface area contributed by atoms with Crippen molar-refractivity contribution in [2.45, 2.75) is 45.3 Å². The van der Waals surface area contributed by atoms with Crippen molar-refractivity contribution in [1.29, 1.82) is 0 Å². The third kappa shape index (κ3) is 5.11. The van der Waals surface area contributed by atoms with Crippen LogP contribution in [0.3, 0.4) is 0 Å². The molecule has 2 rings (SSSR count). The van der Waals surface area contributed by atoms with Crippen molar-refractivity contribution in [1.82, 2.24) is 10.3 Å². The first-order valence-electron chi connectivity index (χ1n) is 8.07. The van der Waals surface area contributed by atoms with E-state index in [1.165, 1.54) is 7.11 Å². The first-order valence-corrected chi connectivity index (χ1v) is 8.07. The summed E-state index contributed by atoms with van der Waals surface area (Å²) in [7, 11) is 1.36. The van der Waals surface area contributed by atoms with Crippen LogP contribution < -0.4 is 10.2 Å². The van der Waals surface area contributed by atoms with Crippen LogP contribution in [0.15, 0.2) is 18.3 Å². The Morgan fingerprint density at radius 1 is 1.29 bits per heavy atom. The van der Waals surface area contributed by atoms with Crippen molar-refractivity contribution < 1.29 is 19.1 Å². The van der Waals surface area contributed by atoms with E-state index in [0.29, 0.717) is 5.56 Å². The van der Waals surface area contributed by atoms with E-state index in [1.807, 2.05) is 20.8 Å². The summed E-state index contributed by atoms with van der Waals surface area (Å²) in [6.45, 7) is 7.02. The summed E-state index contributed by atoms with van der Waals surface area (Å²) in [6.07, 6.45) is 2.81. The average molecular weight is 335 g/mol. The van der Waals surface area contributed by atoms with Gasteiger partial charge in [-0.3, -0.25) is 0 Å². The number of methoxy groups -OCH3 is 1. The van der Waals surface area contributed by atoms with Crippen LogP contribution >= 0.6 is 0 Å². The molecule has 0 aliphatic carbocycles. The van der Waals surface area contributed by atoms with Gasteiger partial charge in [0.05, 0.1) is 12.7 Å². The number of piperidine rings is 1. The minimum absolute atomic E-state index is 0.0832. The number of anilines is 1. The Labute approximate surface area is 142 Å². The van der Waals surface area contributed by atoms with Crippen molar-refractivity contribution in [2.24, 2.45) is 0 Å². The number of nitrogens with one attached hydrogen (secondary N) is 1. The van der Waals surface area contributed by atoms with Gasteiger partial charge in [0.25, 0.3) is 0 Å². The number of pyridine rings is 1. The molecule has 1 aromatic heterocycles. The lowest BCUT2D eigenvalue weighted by Gasteiger charge is -2.33. The molecule has 1 aliphatic rings. The highest BCUT2D eigenvalue weighted by Gasteiger charge is 2.24. The summed E-state index contributed by atoms with van der Waals surface area (Å²) in [5, 5.41) is 2.90. The average Bonchev–Trinajstić information content (AvgIpc) is 2.53. The third-order valence-corrected chi connectivity index (χ3v) is 3.71. The van der Waals surface area contributed by atoms with E-state index < -0.39 is 5.60 Å². The van der Waals surface area contributed by atoms with Crippen LogP contribution in [0.4, 0.5) is 10.6 Å². The van der Waals surface area contributed by atoms with E-state index in [4.69, 9.17) is 9.47 Å². The smallest absolute Gasteiger partial charge is 0.407 e. The number of hydrogen-bond acceptors (Lipinski definition) is 6. The molecule has 1 N–H and O–H groups in total. The number of carbonyl (C=O) groups is 2. The minimum atomic E-state index is -0.497. The van der Waals surface area contributed by atoms with Crippen LogP contribution in [-0.2, 0) is 9.47 Å². The van der Waals surface area contributed by atoms with Crippen molar-refractivity contribution in [3.05, 3.63) is 23.9 Å². The van der Waals surface area contributed by atoms with Crippen molar-refractivity contribution in [3.63, 3.8) is 0 Å². The predicted molar refractivity (Wildman–Crippen MR) is 90.2 cm³/mol. The summed E-state index contributed by atoms with van der Waals surface area (Å²) in [6, 6.07) is 3.44. The fraction of sp³-hybridized carbons (Fsp3) is 0.588. The van der Waals surface area contributed by atoms with E-state index in [9.17, 15) is 9.59 Å². The maximum atomic E-state index is 11.8. The van der Waals surface area contributed by atoms with Crippen molar-refractivity contribution in [2.75, 3.05) is 25.1 Å². The molecule has 1 saturated heterocycles. The Morgan fingerprint density at radius 3 is 2.54 bits per heavy atom. The van der Waals surface area contributed by atoms with Gasteiger partial charge < -0.3 is 19.7 Å². The summed E-state index contributed by atoms with van der Waals surface area (Å²) in [4.78, 5) is 29.8. The molecule has 2 heterocycles. The first-order chi connectivity index (χ1) is 11.3. The van der Waals surface area contributed by atoms with E-state index in [2.05, 4.69) is 15.2 Å². The zero-order valence-electron chi connectivity index (χ0n) is 14.7. The van der Waals surface area contributed by atoms with Gasteiger partial charge in [0, 0.05) is 25.3 Å². The molecule has 1 aliphatic heterocycles. The van der Waals surface area contributed by atoms with Gasteiger partial charge in [-0.1, -0.05) is 0 Å². The molecule has 0 atom stereocenters. The molecule has 7 nitrogen and oxygen atoms in total. The lowest BCUT2D eigenvalue weighted by Crippen LogP contribution is -2.46. The van der Waals surface area contributed by atoms with Gasteiger partial charge in [0.2, 0.25) is 0 Å². The summed E-state index contributed by atoms with van der Waals surface area (Å²) < 4.78 is 10.0. The first kappa shape index (κ1) is 18.0. The number of ether oxygens (including phenoxy) is 2. The Morgan fingerprint density at radius 2 is 1.96 bits per heavy atom. The number of nitrogens with zero attached hydrogens (tertiary/aromatic N) is 2. The molecule has 0 bridgehead atoms. The highest BCUT2D eigenvalue weighted by Crippen LogP contribution is 2.19. The molecule has 0 saturated carbocycles. The minimum Gasteiger partial charge on any atom is -0.465 e. The Hall–Kier alpha value is -2.31. The highest BCUT2D eigenvalue weighted by molar-refractivity contribution is 5.90. The van der Waals surface area contributed by atoms with Gasteiger partial charge in [-0.2, -0.15) is 0 Å². The van der Waals surface area contributed by atoms with Gasteiger partial charge >= 0.3 is 12.1 Å². The normalized spacial score (nSPS) is 15.8. The van der Waals surface area contributed by atoms with Crippen molar-refractivity contribution in [3.8, 4) is 0 Å². The number of alkyl carbamates (subject to hydrolysis) is 1. The van der Waals surface area contributed by atoms with E-state index in [-0.39, 0.29) is 18.1 Å². The number of amides is 1. The van der Waals surface area contributed by atoms with Gasteiger partial charge in [0.15, 0.2) is 0 Å². The van der Waals surface area contributed by atoms with E-state index >= 15 is 0 Å². The number of aromatic nitrogens is 1. The number of rotatable bonds is 3. The maximum Gasteiger partial charge on any atom is 0.407 e. The standard InChI is InChI=1S/C17H25N3O4/c1-17(2,3)24-16(22)19-13-6-9-20(10-7-13)14-11-12(5-8-18-14)15(21)23-4/h5,8,11,13H,6-7,9-10H2,1-4H3,(H,19,22). The Bertz CT molecular complexity index is 590. The topological polar surface area (TPSA) is 80.8 Å². The quantitative estimate of drug-likeness (QED) is 0.854. The molecule has 24 heavy (non-hydrogen) atoms. The van der Waals surface area contributed by atoms with Gasteiger partial charge in [-0.25, -0.2) is 14.6 Å². The van der Waals surface area contributed by atoms with Crippen LogP contribution in [0, 0.1) is 0 Å². The van der Waals surface area contributed by atoms with Gasteiger partial charge in [-0.15, -0.1) is 0 Å². The van der Waals surface area contributed by atoms with E-state index in [1.54, 1.807) is 18.3 Å².